The molecule has 0 bridgehead atoms. The number of rotatable bonds is 7. The summed E-state index contributed by atoms with van der Waals surface area (Å²) >= 11 is 0. The Balaban J connectivity index is 2.61. The smallest absolute Gasteiger partial charge is 0.253 e. The van der Waals surface area contributed by atoms with Gasteiger partial charge in [-0.1, -0.05) is 6.92 Å². The molecule has 0 aliphatic heterocycles. The average molecular weight is 265 g/mol. The van der Waals surface area contributed by atoms with E-state index in [2.05, 4.69) is 10.6 Å². The van der Waals surface area contributed by atoms with E-state index in [-0.39, 0.29) is 12.5 Å². The minimum absolute atomic E-state index is 0.133. The molecule has 19 heavy (non-hydrogen) atoms. The second-order valence-corrected chi connectivity index (χ2v) is 4.74. The van der Waals surface area contributed by atoms with Crippen LogP contribution in [0.5, 0.6) is 0 Å². The van der Waals surface area contributed by atoms with E-state index in [9.17, 15) is 4.79 Å². The molecule has 0 aromatic heterocycles. The lowest BCUT2D eigenvalue weighted by Gasteiger charge is -2.13. The van der Waals surface area contributed by atoms with Gasteiger partial charge in [-0.2, -0.15) is 0 Å². The Bertz CT molecular complexity index is 421. The largest absolute Gasteiger partial charge is 0.399 e. The molecular weight excluding hydrogens is 242 g/mol. The van der Waals surface area contributed by atoms with Crippen molar-refractivity contribution in [2.75, 3.05) is 31.2 Å². The second kappa shape index (κ2) is 7.63. The number of hydrogen-bond acceptors (Lipinski definition) is 4. The summed E-state index contributed by atoms with van der Waals surface area (Å²) in [6.45, 7) is 2.97. The number of benzene rings is 1. The number of aliphatic hydroxyl groups is 1. The zero-order valence-electron chi connectivity index (χ0n) is 11.6. The molecule has 5 heteroatoms. The first kappa shape index (κ1) is 15.3. The fraction of sp³-hybridized carbons (Fsp3) is 0.500. The number of amides is 1. The van der Waals surface area contributed by atoms with Crippen LogP contribution in [0.25, 0.3) is 0 Å². The highest BCUT2D eigenvalue weighted by atomic mass is 16.3. The van der Waals surface area contributed by atoms with Gasteiger partial charge in [0.05, 0.1) is 5.56 Å². The fourth-order valence-electron chi connectivity index (χ4n) is 1.81. The predicted molar refractivity (Wildman–Crippen MR) is 78.2 cm³/mol. The van der Waals surface area contributed by atoms with E-state index in [1.54, 1.807) is 25.2 Å². The number of carbonyl (C=O) groups excluding carboxylic acids is 1. The molecule has 0 aliphatic rings. The van der Waals surface area contributed by atoms with Crippen LogP contribution in [0.3, 0.4) is 0 Å². The van der Waals surface area contributed by atoms with Gasteiger partial charge in [0.1, 0.15) is 0 Å². The number of aliphatic hydroxyl groups excluding tert-OH is 1. The monoisotopic (exact) mass is 265 g/mol. The lowest BCUT2D eigenvalue weighted by molar-refractivity contribution is 0.0964. The molecule has 1 rings (SSSR count). The third kappa shape index (κ3) is 4.79. The maximum Gasteiger partial charge on any atom is 0.253 e. The van der Waals surface area contributed by atoms with Crippen LogP contribution < -0.4 is 16.4 Å². The van der Waals surface area contributed by atoms with Gasteiger partial charge in [-0.25, -0.2) is 0 Å². The van der Waals surface area contributed by atoms with Crippen LogP contribution in [0.4, 0.5) is 11.4 Å². The van der Waals surface area contributed by atoms with Crippen molar-refractivity contribution in [2.45, 2.75) is 19.8 Å². The number of hydrogen-bond donors (Lipinski definition) is 4. The summed E-state index contributed by atoms with van der Waals surface area (Å²) in [6, 6.07) is 5.19. The zero-order valence-corrected chi connectivity index (χ0v) is 11.6. The van der Waals surface area contributed by atoms with Crippen LogP contribution in [0.2, 0.25) is 0 Å². The summed E-state index contributed by atoms with van der Waals surface area (Å²) in [4.78, 5) is 11.7. The molecule has 0 radical (unpaired) electrons. The maximum absolute atomic E-state index is 11.7. The fourth-order valence-corrected chi connectivity index (χ4v) is 1.81. The molecule has 0 fully saturated rings. The first-order valence-electron chi connectivity index (χ1n) is 6.54. The van der Waals surface area contributed by atoms with Crippen LogP contribution in [-0.4, -0.2) is 31.2 Å². The molecule has 1 aromatic rings. The highest BCUT2D eigenvalue weighted by molar-refractivity contribution is 6.00. The number of nitrogens with one attached hydrogen (secondary N) is 2. The quantitative estimate of drug-likeness (QED) is 0.444. The van der Waals surface area contributed by atoms with Crippen molar-refractivity contribution in [2.24, 2.45) is 5.92 Å². The van der Waals surface area contributed by atoms with E-state index in [1.807, 2.05) is 6.92 Å². The molecular formula is C14H23N3O2. The van der Waals surface area contributed by atoms with Crippen LogP contribution in [-0.2, 0) is 0 Å². The normalized spacial score (nSPS) is 11.9. The lowest BCUT2D eigenvalue weighted by atomic mass is 10.1. The summed E-state index contributed by atoms with van der Waals surface area (Å²) in [7, 11) is 1.60. The molecule has 1 atom stereocenters. The molecule has 1 unspecified atom stereocenters. The second-order valence-electron chi connectivity index (χ2n) is 4.74. The summed E-state index contributed by atoms with van der Waals surface area (Å²) in [6.07, 6.45) is 1.88. The summed E-state index contributed by atoms with van der Waals surface area (Å²) in [5.74, 6) is 0.173. The Hall–Kier alpha value is -1.75. The molecule has 5 nitrogen and oxygen atoms in total. The first-order valence-corrected chi connectivity index (χ1v) is 6.54. The van der Waals surface area contributed by atoms with E-state index in [4.69, 9.17) is 10.8 Å². The van der Waals surface area contributed by atoms with E-state index in [0.29, 0.717) is 17.2 Å². The van der Waals surface area contributed by atoms with Gasteiger partial charge in [0.15, 0.2) is 0 Å². The van der Waals surface area contributed by atoms with Crippen LogP contribution in [0.1, 0.15) is 30.1 Å². The average Bonchev–Trinajstić information content (AvgIpc) is 2.42. The van der Waals surface area contributed by atoms with E-state index < -0.39 is 0 Å². The predicted octanol–water partition coefficient (Wildman–Crippen LogP) is 1.45. The van der Waals surface area contributed by atoms with Gasteiger partial charge in [-0.3, -0.25) is 4.79 Å². The number of nitrogen functional groups attached to an aromatic ring is 1. The highest BCUT2D eigenvalue weighted by Gasteiger charge is 2.09. The van der Waals surface area contributed by atoms with Crippen molar-refractivity contribution < 1.29 is 9.90 Å². The van der Waals surface area contributed by atoms with E-state index in [1.165, 1.54) is 0 Å². The lowest BCUT2D eigenvalue weighted by Crippen LogP contribution is -2.20. The summed E-state index contributed by atoms with van der Waals surface area (Å²) in [5.41, 5.74) is 7.70. The van der Waals surface area contributed by atoms with Crippen molar-refractivity contribution >= 4 is 17.3 Å². The van der Waals surface area contributed by atoms with Gasteiger partial charge in [-0.05, 0) is 37.0 Å². The molecule has 0 spiro atoms. The third-order valence-electron chi connectivity index (χ3n) is 3.02. The molecule has 0 saturated heterocycles. The molecule has 0 heterocycles. The van der Waals surface area contributed by atoms with Gasteiger partial charge in [-0.15, -0.1) is 0 Å². The number of nitrogens with two attached hydrogens (primary N) is 1. The van der Waals surface area contributed by atoms with Gasteiger partial charge < -0.3 is 21.5 Å². The Morgan fingerprint density at radius 3 is 2.84 bits per heavy atom. The Morgan fingerprint density at radius 1 is 1.47 bits per heavy atom. The number of anilines is 2. The maximum atomic E-state index is 11.7. The topological polar surface area (TPSA) is 87.4 Å². The van der Waals surface area contributed by atoms with Crippen LogP contribution in [0, 0.1) is 5.92 Å². The summed E-state index contributed by atoms with van der Waals surface area (Å²) in [5, 5.41) is 14.8. The molecule has 1 amide bonds. The van der Waals surface area contributed by atoms with Crippen molar-refractivity contribution in [3.8, 4) is 0 Å². The molecule has 106 valence electrons. The Morgan fingerprint density at radius 2 is 2.21 bits per heavy atom. The van der Waals surface area contributed by atoms with Crippen molar-refractivity contribution in [3.05, 3.63) is 23.8 Å². The SMILES string of the molecule is CNC(=O)c1ccc(N)cc1NCCCC(C)CO. The van der Waals surface area contributed by atoms with Crippen molar-refractivity contribution in [1.82, 2.24) is 5.32 Å². The first-order chi connectivity index (χ1) is 9.08. The third-order valence-corrected chi connectivity index (χ3v) is 3.02. The molecule has 0 aliphatic carbocycles. The van der Waals surface area contributed by atoms with Gasteiger partial charge in [0.25, 0.3) is 5.91 Å². The zero-order chi connectivity index (χ0) is 14.3. The van der Waals surface area contributed by atoms with Gasteiger partial charge in [0, 0.05) is 31.6 Å². The van der Waals surface area contributed by atoms with Crippen LogP contribution >= 0.6 is 0 Å². The molecule has 5 N–H and O–H groups in total. The highest BCUT2D eigenvalue weighted by Crippen LogP contribution is 2.19. The van der Waals surface area contributed by atoms with Crippen molar-refractivity contribution in [3.63, 3.8) is 0 Å². The minimum atomic E-state index is -0.133. The van der Waals surface area contributed by atoms with E-state index in [0.717, 1.165) is 25.1 Å². The number of carbonyl (C=O) groups is 1. The molecule has 0 saturated carbocycles. The van der Waals surface area contributed by atoms with Crippen LogP contribution in [0.15, 0.2) is 18.2 Å². The van der Waals surface area contributed by atoms with Gasteiger partial charge >= 0.3 is 0 Å². The van der Waals surface area contributed by atoms with Gasteiger partial charge in [0.2, 0.25) is 0 Å². The Labute approximate surface area is 114 Å². The minimum Gasteiger partial charge on any atom is -0.399 e. The Kier molecular flexibility index (Phi) is 6.15. The van der Waals surface area contributed by atoms with E-state index >= 15 is 0 Å². The molecule has 1 aromatic carbocycles. The van der Waals surface area contributed by atoms with Crippen molar-refractivity contribution in [1.29, 1.82) is 0 Å². The standard InChI is InChI=1S/C14H23N3O2/c1-10(9-18)4-3-7-17-13-8-11(15)5-6-12(13)14(19)16-2/h5-6,8,10,17-18H,3-4,7,9,15H2,1-2H3,(H,16,19). The summed E-state index contributed by atoms with van der Waals surface area (Å²) < 4.78 is 0.